The van der Waals surface area contributed by atoms with Crippen LogP contribution in [-0.4, -0.2) is 35.6 Å². The number of benzene rings is 1. The van der Waals surface area contributed by atoms with Crippen molar-refractivity contribution in [1.29, 1.82) is 0 Å². The van der Waals surface area contributed by atoms with Crippen LogP contribution >= 0.6 is 0 Å². The van der Waals surface area contributed by atoms with Crippen molar-refractivity contribution in [2.75, 3.05) is 13.6 Å². The summed E-state index contributed by atoms with van der Waals surface area (Å²) in [5, 5.41) is 8.99. The zero-order valence-electron chi connectivity index (χ0n) is 10.1. The molecule has 1 fully saturated rings. The van der Waals surface area contributed by atoms with Gasteiger partial charge in [-0.15, -0.1) is 0 Å². The predicted octanol–water partition coefficient (Wildman–Crippen LogP) is 2.57. The van der Waals surface area contributed by atoms with Gasteiger partial charge >= 0.3 is 5.97 Å². The first-order chi connectivity index (χ1) is 8.44. The fourth-order valence-electron chi connectivity index (χ4n) is 2.51. The minimum atomic E-state index is -3.14. The van der Waals surface area contributed by atoms with E-state index in [1.54, 1.807) is 11.9 Å². The molecule has 18 heavy (non-hydrogen) atoms. The van der Waals surface area contributed by atoms with Crippen molar-refractivity contribution in [3.05, 3.63) is 35.4 Å². The molecular formula is C13H15F2NO2. The van der Waals surface area contributed by atoms with Gasteiger partial charge in [-0.25, -0.2) is 4.79 Å². The molecule has 0 amide bonds. The second kappa shape index (κ2) is 4.65. The molecule has 2 rings (SSSR count). The van der Waals surface area contributed by atoms with Gasteiger partial charge in [0.15, 0.2) is 0 Å². The van der Waals surface area contributed by atoms with E-state index in [0.29, 0.717) is 19.4 Å². The van der Waals surface area contributed by atoms with Gasteiger partial charge < -0.3 is 5.11 Å². The Morgan fingerprint density at radius 3 is 2.67 bits per heavy atom. The summed E-state index contributed by atoms with van der Waals surface area (Å²) in [5.41, 5.74) is -0.709. The molecule has 98 valence electrons. The Labute approximate surface area is 104 Å². The highest BCUT2D eigenvalue weighted by Crippen LogP contribution is 2.40. The number of likely N-dealkylation sites (N-methyl/N-ethyl adjacent to an activating group) is 1. The van der Waals surface area contributed by atoms with Crippen molar-refractivity contribution in [3.8, 4) is 0 Å². The molecule has 1 heterocycles. The molecule has 1 aromatic carbocycles. The third-order valence-corrected chi connectivity index (χ3v) is 3.46. The number of nitrogens with zero attached hydrogens (tertiary/aromatic N) is 1. The van der Waals surface area contributed by atoms with E-state index in [0.717, 1.165) is 0 Å². The average Bonchev–Trinajstić information content (AvgIpc) is 2.76. The fraction of sp³-hybridized carbons (Fsp3) is 0.462. The maximum absolute atomic E-state index is 14.4. The van der Waals surface area contributed by atoms with Gasteiger partial charge in [0.05, 0.1) is 11.6 Å². The zero-order chi connectivity index (χ0) is 13.3. The van der Waals surface area contributed by atoms with Gasteiger partial charge in [-0.2, -0.15) is 8.78 Å². The Hall–Kier alpha value is -1.49. The molecule has 0 aliphatic carbocycles. The number of carboxylic acid groups (broad SMARTS) is 1. The van der Waals surface area contributed by atoms with Crippen LogP contribution in [0.2, 0.25) is 0 Å². The van der Waals surface area contributed by atoms with E-state index >= 15 is 0 Å². The van der Waals surface area contributed by atoms with E-state index in [-0.39, 0.29) is 5.56 Å². The Bertz CT molecular complexity index is 462. The number of hydrogen-bond donors (Lipinski definition) is 1. The average molecular weight is 255 g/mol. The lowest BCUT2D eigenvalue weighted by Crippen LogP contribution is -2.40. The maximum Gasteiger partial charge on any atom is 0.336 e. The highest BCUT2D eigenvalue weighted by molar-refractivity contribution is 5.89. The molecule has 1 saturated heterocycles. The summed E-state index contributed by atoms with van der Waals surface area (Å²) in [6.07, 6.45) is 1.10. The fourth-order valence-corrected chi connectivity index (χ4v) is 2.51. The standard InChI is InChI=1S/C13H15F2NO2/c1-16-8-4-7-11(16)13(14,15)10-6-3-2-5-9(10)12(17)18/h2-3,5-6,11H,4,7-8H2,1H3,(H,17,18). The lowest BCUT2D eigenvalue weighted by atomic mass is 9.95. The van der Waals surface area contributed by atoms with E-state index in [4.69, 9.17) is 5.11 Å². The highest BCUT2D eigenvalue weighted by Gasteiger charge is 2.47. The van der Waals surface area contributed by atoms with Crippen molar-refractivity contribution < 1.29 is 18.7 Å². The summed E-state index contributed by atoms with van der Waals surface area (Å²) in [4.78, 5) is 12.6. The number of hydrogen-bond acceptors (Lipinski definition) is 2. The monoisotopic (exact) mass is 255 g/mol. The van der Waals surface area contributed by atoms with Gasteiger partial charge in [-0.05, 0) is 32.5 Å². The summed E-state index contributed by atoms with van der Waals surface area (Å²) >= 11 is 0. The molecule has 1 aromatic rings. The number of carboxylic acids is 1. The van der Waals surface area contributed by atoms with Crippen LogP contribution in [0, 0.1) is 0 Å². The van der Waals surface area contributed by atoms with Crippen molar-refractivity contribution in [3.63, 3.8) is 0 Å². The minimum absolute atomic E-state index is 0.317. The molecule has 0 spiro atoms. The zero-order valence-corrected chi connectivity index (χ0v) is 10.1. The van der Waals surface area contributed by atoms with Crippen LogP contribution in [0.15, 0.2) is 24.3 Å². The molecule has 1 aliphatic rings. The maximum atomic E-state index is 14.4. The molecule has 0 saturated carbocycles. The molecule has 1 atom stereocenters. The number of aromatic carboxylic acids is 1. The van der Waals surface area contributed by atoms with Crippen LogP contribution in [0.25, 0.3) is 0 Å². The van der Waals surface area contributed by atoms with Gasteiger partial charge in [-0.1, -0.05) is 18.2 Å². The Morgan fingerprint density at radius 2 is 2.11 bits per heavy atom. The molecule has 5 heteroatoms. The van der Waals surface area contributed by atoms with Gasteiger partial charge in [0, 0.05) is 5.56 Å². The highest BCUT2D eigenvalue weighted by atomic mass is 19.3. The minimum Gasteiger partial charge on any atom is -0.478 e. The van der Waals surface area contributed by atoms with Crippen LogP contribution in [0.4, 0.5) is 8.78 Å². The number of halogens is 2. The first-order valence-corrected chi connectivity index (χ1v) is 5.85. The summed E-state index contributed by atoms with van der Waals surface area (Å²) in [5.74, 6) is -4.45. The Balaban J connectivity index is 2.43. The topological polar surface area (TPSA) is 40.5 Å². The van der Waals surface area contributed by atoms with Gasteiger partial charge in [0.2, 0.25) is 0 Å². The van der Waals surface area contributed by atoms with E-state index < -0.39 is 23.5 Å². The van der Waals surface area contributed by atoms with E-state index in [2.05, 4.69) is 0 Å². The SMILES string of the molecule is CN1CCCC1C(F)(F)c1ccccc1C(=O)O. The Kier molecular flexibility index (Phi) is 3.34. The van der Waals surface area contributed by atoms with Crippen molar-refractivity contribution >= 4 is 5.97 Å². The van der Waals surface area contributed by atoms with Gasteiger partial charge in [-0.3, -0.25) is 4.90 Å². The summed E-state index contributed by atoms with van der Waals surface area (Å²) in [6.45, 7) is 0.621. The number of likely N-dealkylation sites (tertiary alicyclic amines) is 1. The predicted molar refractivity (Wildman–Crippen MR) is 62.9 cm³/mol. The van der Waals surface area contributed by atoms with Crippen LogP contribution in [0.1, 0.15) is 28.8 Å². The lowest BCUT2D eigenvalue weighted by Gasteiger charge is -2.29. The normalized spacial score (nSPS) is 21.2. The summed E-state index contributed by atoms with van der Waals surface area (Å²) in [6, 6.07) is 4.42. The summed E-state index contributed by atoms with van der Waals surface area (Å²) < 4.78 is 28.9. The van der Waals surface area contributed by atoms with Crippen LogP contribution in [0.3, 0.4) is 0 Å². The molecule has 1 unspecified atom stereocenters. The number of rotatable bonds is 3. The van der Waals surface area contributed by atoms with Crippen molar-refractivity contribution in [2.45, 2.75) is 24.8 Å². The van der Waals surface area contributed by atoms with E-state index in [9.17, 15) is 13.6 Å². The number of carbonyl (C=O) groups is 1. The van der Waals surface area contributed by atoms with E-state index in [1.165, 1.54) is 24.3 Å². The first-order valence-electron chi connectivity index (χ1n) is 5.85. The van der Waals surface area contributed by atoms with Gasteiger partial charge in [0.1, 0.15) is 0 Å². The summed E-state index contributed by atoms with van der Waals surface area (Å²) in [7, 11) is 1.65. The molecule has 0 aromatic heterocycles. The largest absolute Gasteiger partial charge is 0.478 e. The third kappa shape index (κ3) is 2.10. The van der Waals surface area contributed by atoms with Crippen LogP contribution in [-0.2, 0) is 5.92 Å². The van der Waals surface area contributed by atoms with Gasteiger partial charge in [0.25, 0.3) is 5.92 Å². The third-order valence-electron chi connectivity index (χ3n) is 3.46. The van der Waals surface area contributed by atoms with E-state index in [1.807, 2.05) is 0 Å². The molecule has 0 bridgehead atoms. The Morgan fingerprint density at radius 1 is 1.44 bits per heavy atom. The smallest absolute Gasteiger partial charge is 0.336 e. The number of alkyl halides is 2. The van der Waals surface area contributed by atoms with Crippen molar-refractivity contribution in [2.24, 2.45) is 0 Å². The molecule has 1 N–H and O–H groups in total. The quantitative estimate of drug-likeness (QED) is 0.902. The van der Waals surface area contributed by atoms with Crippen molar-refractivity contribution in [1.82, 2.24) is 4.90 Å². The van der Waals surface area contributed by atoms with Crippen LogP contribution < -0.4 is 0 Å². The lowest BCUT2D eigenvalue weighted by molar-refractivity contribution is -0.0702. The molecule has 0 radical (unpaired) electrons. The molecule has 1 aliphatic heterocycles. The second-order valence-electron chi connectivity index (χ2n) is 4.61. The molecule has 3 nitrogen and oxygen atoms in total. The van der Waals surface area contributed by atoms with Crippen LogP contribution in [0.5, 0.6) is 0 Å². The second-order valence-corrected chi connectivity index (χ2v) is 4.61. The first kappa shape index (κ1) is 13.0. The molecular weight excluding hydrogens is 240 g/mol.